The van der Waals surface area contributed by atoms with Crippen molar-refractivity contribution in [3.8, 4) is 5.75 Å². The first-order chi connectivity index (χ1) is 11.7. The van der Waals surface area contributed by atoms with Crippen LogP contribution in [0.1, 0.15) is 32.6 Å². The van der Waals surface area contributed by atoms with E-state index in [2.05, 4.69) is 4.72 Å². The Hall–Kier alpha value is -0.870. The summed E-state index contributed by atoms with van der Waals surface area (Å²) in [4.78, 5) is 0.140. The second-order valence-corrected chi connectivity index (χ2v) is 10.5. The Kier molecular flexibility index (Phi) is 8.34. The highest BCUT2D eigenvalue weighted by Gasteiger charge is 2.36. The summed E-state index contributed by atoms with van der Waals surface area (Å²) in [6.07, 6.45) is 3.42. The van der Waals surface area contributed by atoms with Crippen LogP contribution in [0, 0.1) is 0 Å². The number of nitrogens with two attached hydrogens (primary N) is 1. The fraction of sp³-hybridized carbons (Fsp3) is 0.625. The number of sulfone groups is 1. The molecule has 0 atom stereocenters. The molecule has 2 rings (SSSR count). The highest BCUT2D eigenvalue weighted by atomic mass is 35.5. The Bertz CT molecular complexity index is 773. The zero-order chi connectivity index (χ0) is 18.6. The van der Waals surface area contributed by atoms with Crippen molar-refractivity contribution < 1.29 is 21.6 Å². The molecular weight excluding hydrogens is 400 g/mol. The van der Waals surface area contributed by atoms with Gasteiger partial charge in [0.15, 0.2) is 9.84 Å². The fourth-order valence-corrected chi connectivity index (χ4v) is 4.99. The molecule has 0 aromatic heterocycles. The third kappa shape index (κ3) is 6.09. The van der Waals surface area contributed by atoms with E-state index in [0.29, 0.717) is 5.75 Å². The van der Waals surface area contributed by atoms with E-state index < -0.39 is 25.4 Å². The van der Waals surface area contributed by atoms with Gasteiger partial charge in [-0.1, -0.05) is 19.8 Å². The molecule has 150 valence electrons. The summed E-state index contributed by atoms with van der Waals surface area (Å²) in [6.45, 7) is 1.90. The summed E-state index contributed by atoms with van der Waals surface area (Å²) in [5.74, 6) is 0.436. The van der Waals surface area contributed by atoms with Crippen LogP contribution in [0.2, 0.25) is 0 Å². The van der Waals surface area contributed by atoms with Crippen LogP contribution in [-0.4, -0.2) is 47.0 Å². The average Bonchev–Trinajstić information content (AvgIpc) is 3.03. The minimum atomic E-state index is -3.66. The third-order valence-corrected chi connectivity index (χ3v) is 7.80. The van der Waals surface area contributed by atoms with E-state index in [-0.39, 0.29) is 42.0 Å². The molecule has 3 N–H and O–H groups in total. The van der Waals surface area contributed by atoms with Crippen molar-refractivity contribution in [1.82, 2.24) is 4.72 Å². The lowest BCUT2D eigenvalue weighted by molar-refractivity contribution is 0.340. The van der Waals surface area contributed by atoms with E-state index in [9.17, 15) is 16.8 Å². The van der Waals surface area contributed by atoms with Gasteiger partial charge in [-0.2, -0.15) is 0 Å². The number of hydrogen-bond acceptors (Lipinski definition) is 6. The summed E-state index contributed by atoms with van der Waals surface area (Å²) in [5, 5.41) is 0. The smallest absolute Gasteiger partial charge is 0.241 e. The second kappa shape index (κ2) is 9.36. The van der Waals surface area contributed by atoms with Crippen molar-refractivity contribution in [1.29, 1.82) is 0 Å². The summed E-state index contributed by atoms with van der Waals surface area (Å²) in [7, 11) is -6.75. The van der Waals surface area contributed by atoms with Gasteiger partial charge in [0.05, 0.1) is 10.6 Å². The summed E-state index contributed by atoms with van der Waals surface area (Å²) in [5.41, 5.74) is 5.23. The molecule has 1 aromatic rings. The zero-order valence-electron chi connectivity index (χ0n) is 14.8. The number of halogens is 1. The van der Waals surface area contributed by atoms with Crippen LogP contribution in [0.4, 0.5) is 0 Å². The van der Waals surface area contributed by atoms with Crippen molar-refractivity contribution >= 4 is 32.3 Å². The third-order valence-electron chi connectivity index (χ3n) is 4.54. The van der Waals surface area contributed by atoms with Gasteiger partial charge >= 0.3 is 0 Å². The molecule has 1 saturated carbocycles. The average molecular weight is 427 g/mol. The van der Waals surface area contributed by atoms with Gasteiger partial charge < -0.3 is 10.5 Å². The lowest BCUT2D eigenvalue weighted by Crippen LogP contribution is -2.51. The Morgan fingerprint density at radius 1 is 1.12 bits per heavy atom. The molecule has 1 aromatic carbocycles. The molecule has 0 amide bonds. The summed E-state index contributed by atoms with van der Waals surface area (Å²) < 4.78 is 56.1. The number of ether oxygens (including phenoxy) is 1. The van der Waals surface area contributed by atoms with Gasteiger partial charge in [-0.25, -0.2) is 21.6 Å². The maximum atomic E-state index is 12.6. The van der Waals surface area contributed by atoms with Gasteiger partial charge in [-0.3, -0.25) is 0 Å². The number of hydrogen-bond donors (Lipinski definition) is 2. The molecule has 1 fully saturated rings. The first-order valence-corrected chi connectivity index (χ1v) is 11.7. The van der Waals surface area contributed by atoms with Gasteiger partial charge in [0.25, 0.3) is 0 Å². The number of sulfonamides is 1. The highest BCUT2D eigenvalue weighted by Crippen LogP contribution is 2.30. The minimum absolute atomic E-state index is 0. The predicted octanol–water partition coefficient (Wildman–Crippen LogP) is 1.47. The van der Waals surface area contributed by atoms with Gasteiger partial charge in [0, 0.05) is 17.8 Å². The molecule has 0 bridgehead atoms. The fourth-order valence-electron chi connectivity index (χ4n) is 2.89. The van der Waals surface area contributed by atoms with E-state index >= 15 is 0 Å². The van der Waals surface area contributed by atoms with Gasteiger partial charge in [-0.05, 0) is 37.1 Å². The maximum absolute atomic E-state index is 12.6. The minimum Gasteiger partial charge on any atom is -0.493 e. The first kappa shape index (κ1) is 23.2. The van der Waals surface area contributed by atoms with Crippen LogP contribution in [0.3, 0.4) is 0 Å². The van der Waals surface area contributed by atoms with Crippen LogP contribution >= 0.6 is 12.4 Å². The quantitative estimate of drug-likeness (QED) is 0.617. The van der Waals surface area contributed by atoms with Gasteiger partial charge in [0.1, 0.15) is 12.4 Å². The number of nitrogens with one attached hydrogen (secondary N) is 1. The van der Waals surface area contributed by atoms with Crippen molar-refractivity contribution in [2.45, 2.75) is 43.0 Å². The Morgan fingerprint density at radius 3 is 2.19 bits per heavy atom. The lowest BCUT2D eigenvalue weighted by atomic mass is 10.0. The molecule has 0 aliphatic heterocycles. The normalized spacial score (nSPS) is 16.8. The Balaban J connectivity index is 0.00000338. The van der Waals surface area contributed by atoms with Gasteiger partial charge in [0.2, 0.25) is 10.0 Å². The maximum Gasteiger partial charge on any atom is 0.241 e. The van der Waals surface area contributed by atoms with Crippen LogP contribution in [0.5, 0.6) is 5.75 Å². The molecule has 0 heterocycles. The zero-order valence-corrected chi connectivity index (χ0v) is 17.3. The van der Waals surface area contributed by atoms with Crippen LogP contribution < -0.4 is 15.2 Å². The van der Waals surface area contributed by atoms with Crippen molar-refractivity contribution in [2.24, 2.45) is 5.73 Å². The molecule has 0 spiro atoms. The van der Waals surface area contributed by atoms with Crippen LogP contribution in [-0.2, 0) is 19.9 Å². The first-order valence-electron chi connectivity index (χ1n) is 8.39. The Morgan fingerprint density at radius 2 is 1.69 bits per heavy atom. The monoisotopic (exact) mass is 426 g/mol. The highest BCUT2D eigenvalue weighted by molar-refractivity contribution is 7.91. The largest absolute Gasteiger partial charge is 0.493 e. The van der Waals surface area contributed by atoms with E-state index in [1.165, 1.54) is 24.3 Å². The molecule has 0 saturated heterocycles. The van der Waals surface area contributed by atoms with E-state index in [1.807, 2.05) is 0 Å². The predicted molar refractivity (Wildman–Crippen MR) is 104 cm³/mol. The van der Waals surface area contributed by atoms with E-state index in [0.717, 1.165) is 25.7 Å². The topological polar surface area (TPSA) is 116 Å². The molecule has 1 aliphatic rings. The molecular formula is C16H27ClN2O5S2. The van der Waals surface area contributed by atoms with Gasteiger partial charge in [-0.15, -0.1) is 12.4 Å². The molecule has 1 aliphatic carbocycles. The van der Waals surface area contributed by atoms with Crippen LogP contribution in [0.25, 0.3) is 0 Å². The molecule has 0 radical (unpaired) electrons. The van der Waals surface area contributed by atoms with Crippen molar-refractivity contribution in [3.05, 3.63) is 24.3 Å². The molecule has 7 nitrogen and oxygen atoms in total. The summed E-state index contributed by atoms with van der Waals surface area (Å²) in [6, 6.07) is 5.95. The number of rotatable bonds is 9. The molecule has 10 heteroatoms. The summed E-state index contributed by atoms with van der Waals surface area (Å²) >= 11 is 0. The lowest BCUT2D eigenvalue weighted by Gasteiger charge is -2.28. The number of benzene rings is 1. The van der Waals surface area contributed by atoms with Crippen molar-refractivity contribution in [2.75, 3.05) is 24.7 Å². The molecule has 26 heavy (non-hydrogen) atoms. The second-order valence-electron chi connectivity index (χ2n) is 6.35. The van der Waals surface area contributed by atoms with Crippen LogP contribution in [0.15, 0.2) is 29.2 Å². The van der Waals surface area contributed by atoms with E-state index in [4.69, 9.17) is 10.5 Å². The standard InChI is InChI=1S/C16H26N2O5S2.ClH/c1-2-24(19,20)12-11-23-14-5-7-15(8-6-14)25(21,22)18-16(13-17)9-3-4-10-16;/h5-8,18H,2-4,9-13,17H2,1H3;1H. The Labute approximate surface area is 162 Å². The van der Waals surface area contributed by atoms with Crippen molar-refractivity contribution in [3.63, 3.8) is 0 Å². The molecule has 0 unspecified atom stereocenters. The SMILES string of the molecule is CCS(=O)(=O)CCOc1ccc(S(=O)(=O)NC2(CN)CCCC2)cc1.Cl. The van der Waals surface area contributed by atoms with E-state index in [1.54, 1.807) is 6.92 Å².